The molecular formula is C18H28Cl2N4OS. The number of benzene rings is 1. The Labute approximate surface area is 171 Å². The number of carbonyl (C=O) groups is 1. The van der Waals surface area contributed by atoms with Gasteiger partial charge in [-0.05, 0) is 62.4 Å². The summed E-state index contributed by atoms with van der Waals surface area (Å²) in [6, 6.07) is 7.95. The molecule has 2 aromatic rings. The first-order chi connectivity index (χ1) is 11.8. The van der Waals surface area contributed by atoms with E-state index in [1.165, 1.54) is 6.42 Å². The second-order valence-corrected chi connectivity index (χ2v) is 7.42. The molecule has 0 bridgehead atoms. The van der Waals surface area contributed by atoms with Crippen molar-refractivity contribution in [2.45, 2.75) is 31.7 Å². The van der Waals surface area contributed by atoms with Crippen LogP contribution in [0.15, 0.2) is 24.3 Å². The molecule has 1 fully saturated rings. The molecule has 1 aliphatic rings. The maximum Gasteiger partial charge on any atom is 0.220 e. The Balaban J connectivity index is 0.00000169. The lowest BCUT2D eigenvalue weighted by Gasteiger charge is -2.17. The zero-order chi connectivity index (χ0) is 16.8. The van der Waals surface area contributed by atoms with Crippen molar-refractivity contribution in [3.8, 4) is 0 Å². The number of hydrogen-bond acceptors (Lipinski definition) is 4. The number of hydrogen-bond donors (Lipinski definition) is 3. The molecule has 1 aromatic carbocycles. The minimum atomic E-state index is -0.0425. The molecular weight excluding hydrogens is 391 g/mol. The Hall–Kier alpha value is -0.950. The van der Waals surface area contributed by atoms with Gasteiger partial charge >= 0.3 is 0 Å². The van der Waals surface area contributed by atoms with Crippen molar-refractivity contribution in [3.63, 3.8) is 0 Å². The van der Waals surface area contributed by atoms with E-state index < -0.39 is 0 Å². The van der Waals surface area contributed by atoms with E-state index in [4.69, 9.17) is 0 Å². The largest absolute Gasteiger partial charge is 0.346 e. The van der Waals surface area contributed by atoms with Crippen LogP contribution in [-0.4, -0.2) is 41.0 Å². The van der Waals surface area contributed by atoms with E-state index in [1.54, 1.807) is 11.8 Å². The van der Waals surface area contributed by atoms with Gasteiger partial charge in [-0.15, -0.1) is 24.8 Å². The molecule has 3 N–H and O–H groups in total. The monoisotopic (exact) mass is 418 g/mol. The molecule has 5 nitrogen and oxygen atoms in total. The summed E-state index contributed by atoms with van der Waals surface area (Å²) in [6.45, 7) is 2.13. The van der Waals surface area contributed by atoms with E-state index in [0.717, 1.165) is 48.5 Å². The summed E-state index contributed by atoms with van der Waals surface area (Å²) < 4.78 is 0. The van der Waals surface area contributed by atoms with Gasteiger partial charge in [-0.25, -0.2) is 4.98 Å². The van der Waals surface area contributed by atoms with Crippen molar-refractivity contribution in [2.75, 3.05) is 25.1 Å². The normalized spacial score (nSPS) is 17.3. The highest BCUT2D eigenvalue weighted by molar-refractivity contribution is 7.98. The molecule has 0 radical (unpaired) electrons. The fourth-order valence-electron chi connectivity index (χ4n) is 3.21. The highest BCUT2D eigenvalue weighted by Crippen LogP contribution is 2.21. The number of carbonyl (C=O) groups excluding carboxylic acids is 1. The fraction of sp³-hybridized carbons (Fsp3) is 0.556. The number of fused-ring (bicyclic) bond motifs is 1. The van der Waals surface area contributed by atoms with Crippen LogP contribution in [0.3, 0.4) is 0 Å². The van der Waals surface area contributed by atoms with Gasteiger partial charge in [-0.2, -0.15) is 11.8 Å². The number of rotatable bonds is 8. The van der Waals surface area contributed by atoms with Crippen LogP contribution in [0.4, 0.5) is 0 Å². The summed E-state index contributed by atoms with van der Waals surface area (Å²) in [5.41, 5.74) is 1.97. The Morgan fingerprint density at radius 2 is 2.19 bits per heavy atom. The number of aromatic nitrogens is 2. The summed E-state index contributed by atoms with van der Waals surface area (Å²) in [7, 11) is 0. The van der Waals surface area contributed by atoms with Gasteiger partial charge < -0.3 is 15.6 Å². The van der Waals surface area contributed by atoms with E-state index in [1.807, 2.05) is 24.3 Å². The summed E-state index contributed by atoms with van der Waals surface area (Å²) in [5.74, 6) is 2.63. The molecule has 1 amide bonds. The van der Waals surface area contributed by atoms with Crippen molar-refractivity contribution in [1.29, 1.82) is 0 Å². The SMILES string of the molecule is CSCCC(NC(=O)CCC1CCNC1)c1nc2ccccc2[nH]1.Cl.Cl. The molecule has 146 valence electrons. The molecule has 2 atom stereocenters. The van der Waals surface area contributed by atoms with Gasteiger partial charge in [-0.3, -0.25) is 4.79 Å². The number of imidazole rings is 1. The highest BCUT2D eigenvalue weighted by Gasteiger charge is 2.20. The summed E-state index contributed by atoms with van der Waals surface area (Å²) in [6.07, 6.45) is 5.73. The molecule has 0 saturated carbocycles. The number of nitrogens with zero attached hydrogens (tertiary/aromatic N) is 1. The van der Waals surface area contributed by atoms with Gasteiger partial charge in [0.25, 0.3) is 0 Å². The average Bonchev–Trinajstić information content (AvgIpc) is 3.25. The van der Waals surface area contributed by atoms with Crippen LogP contribution in [0.25, 0.3) is 11.0 Å². The Morgan fingerprint density at radius 3 is 2.88 bits per heavy atom. The molecule has 1 saturated heterocycles. The first kappa shape index (κ1) is 23.1. The number of H-pyrrole nitrogens is 1. The van der Waals surface area contributed by atoms with Crippen molar-refractivity contribution in [2.24, 2.45) is 5.92 Å². The number of amides is 1. The number of nitrogens with one attached hydrogen (secondary N) is 3. The Morgan fingerprint density at radius 1 is 1.38 bits per heavy atom. The highest BCUT2D eigenvalue weighted by atomic mass is 35.5. The second-order valence-electron chi connectivity index (χ2n) is 6.44. The van der Waals surface area contributed by atoms with Gasteiger partial charge in [0.1, 0.15) is 5.82 Å². The molecule has 2 unspecified atom stereocenters. The van der Waals surface area contributed by atoms with Gasteiger partial charge in [-0.1, -0.05) is 12.1 Å². The lowest BCUT2D eigenvalue weighted by Crippen LogP contribution is -2.30. The smallest absolute Gasteiger partial charge is 0.220 e. The molecule has 0 aliphatic carbocycles. The van der Waals surface area contributed by atoms with Crippen LogP contribution in [0, 0.1) is 5.92 Å². The zero-order valence-electron chi connectivity index (χ0n) is 15.0. The van der Waals surface area contributed by atoms with Crippen molar-refractivity contribution < 1.29 is 4.79 Å². The van der Waals surface area contributed by atoms with Crippen LogP contribution in [-0.2, 0) is 4.79 Å². The van der Waals surface area contributed by atoms with Gasteiger partial charge in [0, 0.05) is 6.42 Å². The molecule has 26 heavy (non-hydrogen) atoms. The number of aromatic amines is 1. The first-order valence-corrected chi connectivity index (χ1v) is 10.1. The predicted molar refractivity (Wildman–Crippen MR) is 115 cm³/mol. The third-order valence-electron chi connectivity index (χ3n) is 4.63. The number of halogens is 2. The third-order valence-corrected chi connectivity index (χ3v) is 5.27. The second kappa shape index (κ2) is 11.7. The van der Waals surface area contributed by atoms with E-state index in [0.29, 0.717) is 12.3 Å². The standard InChI is InChI=1S/C18H26N4OS.2ClH/c1-24-11-9-16(18-21-14-4-2-3-5-15(14)22-18)20-17(23)7-6-13-8-10-19-12-13;;/h2-5,13,16,19H,6-12H2,1H3,(H,20,23)(H,21,22);2*1H. The Bertz CT molecular complexity index is 643. The minimum Gasteiger partial charge on any atom is -0.346 e. The van der Waals surface area contributed by atoms with Gasteiger partial charge in [0.15, 0.2) is 0 Å². The van der Waals surface area contributed by atoms with Crippen LogP contribution in [0.2, 0.25) is 0 Å². The molecule has 1 aromatic heterocycles. The first-order valence-electron chi connectivity index (χ1n) is 8.70. The lowest BCUT2D eigenvalue weighted by atomic mass is 10.0. The molecule has 3 rings (SSSR count). The van der Waals surface area contributed by atoms with Crippen LogP contribution in [0.5, 0.6) is 0 Å². The average molecular weight is 419 g/mol. The molecule has 0 spiro atoms. The minimum absolute atomic E-state index is 0. The molecule has 2 heterocycles. The lowest BCUT2D eigenvalue weighted by molar-refractivity contribution is -0.122. The number of para-hydroxylation sites is 2. The van der Waals surface area contributed by atoms with E-state index in [2.05, 4.69) is 26.9 Å². The van der Waals surface area contributed by atoms with Crippen LogP contribution < -0.4 is 10.6 Å². The number of thioether (sulfide) groups is 1. The van der Waals surface area contributed by atoms with Crippen LogP contribution in [0.1, 0.15) is 37.5 Å². The van der Waals surface area contributed by atoms with E-state index in [-0.39, 0.29) is 36.8 Å². The van der Waals surface area contributed by atoms with E-state index >= 15 is 0 Å². The Kier molecular flexibility index (Phi) is 10.4. The fourth-order valence-corrected chi connectivity index (χ4v) is 3.68. The van der Waals surface area contributed by atoms with Crippen molar-refractivity contribution in [3.05, 3.63) is 30.1 Å². The topological polar surface area (TPSA) is 69.8 Å². The van der Waals surface area contributed by atoms with Crippen molar-refractivity contribution in [1.82, 2.24) is 20.6 Å². The molecule has 8 heteroatoms. The van der Waals surface area contributed by atoms with Crippen molar-refractivity contribution >= 4 is 53.5 Å². The van der Waals surface area contributed by atoms with Gasteiger partial charge in [0.05, 0.1) is 17.1 Å². The maximum absolute atomic E-state index is 12.4. The predicted octanol–water partition coefficient (Wildman–Crippen LogP) is 3.71. The third kappa shape index (κ3) is 6.34. The maximum atomic E-state index is 12.4. The summed E-state index contributed by atoms with van der Waals surface area (Å²) in [5, 5.41) is 6.54. The summed E-state index contributed by atoms with van der Waals surface area (Å²) >= 11 is 1.79. The quantitative estimate of drug-likeness (QED) is 0.610. The summed E-state index contributed by atoms with van der Waals surface area (Å²) in [4.78, 5) is 20.4. The molecule has 1 aliphatic heterocycles. The van der Waals surface area contributed by atoms with Gasteiger partial charge in [0.2, 0.25) is 5.91 Å². The van der Waals surface area contributed by atoms with E-state index in [9.17, 15) is 4.79 Å². The van der Waals surface area contributed by atoms with Crippen LogP contribution >= 0.6 is 36.6 Å². The zero-order valence-corrected chi connectivity index (χ0v) is 17.4.